The van der Waals surface area contributed by atoms with Gasteiger partial charge in [-0.1, -0.05) is 25.0 Å². The van der Waals surface area contributed by atoms with Gasteiger partial charge in [-0.25, -0.2) is 4.99 Å². The lowest BCUT2D eigenvalue weighted by atomic mass is 10.2. The van der Waals surface area contributed by atoms with Crippen LogP contribution in [0, 0.1) is 0 Å². The molecule has 1 amide bonds. The monoisotopic (exact) mass is 460 g/mol. The number of nitrogens with zero attached hydrogens (tertiary/aromatic N) is 2. The fourth-order valence-electron chi connectivity index (χ4n) is 2.70. The second-order valence-electron chi connectivity index (χ2n) is 5.97. The Morgan fingerprint density at radius 2 is 2.00 bits per heavy atom. The number of aliphatic imine (C=N–C) groups is 1. The first-order chi connectivity index (χ1) is 11.7. The molecule has 1 saturated heterocycles. The van der Waals surface area contributed by atoms with Gasteiger partial charge in [-0.15, -0.1) is 24.0 Å². The van der Waals surface area contributed by atoms with Crippen molar-refractivity contribution in [2.75, 3.05) is 26.2 Å². The molecule has 0 unspecified atom stereocenters. The van der Waals surface area contributed by atoms with Crippen LogP contribution in [-0.4, -0.2) is 43.0 Å². The van der Waals surface area contributed by atoms with Crippen molar-refractivity contribution in [3.8, 4) is 5.75 Å². The van der Waals surface area contributed by atoms with Crippen molar-refractivity contribution in [3.63, 3.8) is 0 Å². The molecular formula is C18H29IN4O2. The van der Waals surface area contributed by atoms with Crippen molar-refractivity contribution in [1.82, 2.24) is 10.2 Å². The molecule has 0 radical (unpaired) electrons. The fourth-order valence-corrected chi connectivity index (χ4v) is 2.70. The highest BCUT2D eigenvalue weighted by Gasteiger charge is 2.10. The quantitative estimate of drug-likeness (QED) is 0.389. The summed E-state index contributed by atoms with van der Waals surface area (Å²) < 4.78 is 5.50. The Balaban J connectivity index is 0.00000312. The van der Waals surface area contributed by atoms with Gasteiger partial charge in [-0.3, -0.25) is 4.79 Å². The lowest BCUT2D eigenvalue weighted by molar-refractivity contribution is -0.122. The number of nitrogens with one attached hydrogen (secondary N) is 1. The summed E-state index contributed by atoms with van der Waals surface area (Å²) in [5, 5.41) is 2.70. The van der Waals surface area contributed by atoms with Crippen LogP contribution in [0.1, 0.15) is 38.2 Å². The molecule has 1 fully saturated rings. The highest BCUT2D eigenvalue weighted by Crippen LogP contribution is 2.14. The summed E-state index contributed by atoms with van der Waals surface area (Å²) in [6.45, 7) is 5.01. The molecule has 25 heavy (non-hydrogen) atoms. The van der Waals surface area contributed by atoms with E-state index < -0.39 is 0 Å². The minimum Gasteiger partial charge on any atom is -0.484 e. The molecule has 0 spiro atoms. The van der Waals surface area contributed by atoms with Gasteiger partial charge >= 0.3 is 0 Å². The summed E-state index contributed by atoms with van der Waals surface area (Å²) >= 11 is 0. The Hall–Kier alpha value is -1.51. The van der Waals surface area contributed by atoms with Gasteiger partial charge in [0.05, 0.1) is 6.54 Å². The van der Waals surface area contributed by atoms with Gasteiger partial charge in [0.15, 0.2) is 12.6 Å². The number of carbonyl (C=O) groups excluding carboxylic acids is 1. The average molecular weight is 460 g/mol. The molecule has 140 valence electrons. The summed E-state index contributed by atoms with van der Waals surface area (Å²) in [7, 11) is 0. The van der Waals surface area contributed by atoms with E-state index in [1.165, 1.54) is 25.7 Å². The molecule has 1 aliphatic heterocycles. The zero-order valence-electron chi connectivity index (χ0n) is 14.9. The molecule has 1 aromatic rings. The van der Waals surface area contributed by atoms with Gasteiger partial charge in [-0.2, -0.15) is 0 Å². The SMILES string of the molecule is CCNC(=O)COc1cccc(CN=C(N)N2CCCCCC2)c1.I. The van der Waals surface area contributed by atoms with Crippen molar-refractivity contribution in [1.29, 1.82) is 0 Å². The molecule has 1 heterocycles. The minimum atomic E-state index is -0.119. The predicted molar refractivity (Wildman–Crippen MR) is 111 cm³/mol. The highest BCUT2D eigenvalue weighted by atomic mass is 127. The lowest BCUT2D eigenvalue weighted by Gasteiger charge is -2.21. The van der Waals surface area contributed by atoms with Crippen molar-refractivity contribution >= 4 is 35.8 Å². The second kappa shape index (κ2) is 11.9. The third kappa shape index (κ3) is 7.94. The number of guanidine groups is 1. The first kappa shape index (κ1) is 21.5. The van der Waals surface area contributed by atoms with Crippen molar-refractivity contribution < 1.29 is 9.53 Å². The Kier molecular flexibility index (Phi) is 10.3. The van der Waals surface area contributed by atoms with Crippen LogP contribution in [-0.2, 0) is 11.3 Å². The molecule has 0 aromatic heterocycles. The van der Waals surface area contributed by atoms with Gasteiger partial charge in [0, 0.05) is 19.6 Å². The molecule has 7 heteroatoms. The molecule has 0 bridgehead atoms. The highest BCUT2D eigenvalue weighted by molar-refractivity contribution is 14.0. The van der Waals surface area contributed by atoms with Crippen LogP contribution in [0.4, 0.5) is 0 Å². The van der Waals surface area contributed by atoms with E-state index in [9.17, 15) is 4.79 Å². The summed E-state index contributed by atoms with van der Waals surface area (Å²) in [5.41, 5.74) is 7.14. The van der Waals surface area contributed by atoms with Crippen LogP contribution in [0.25, 0.3) is 0 Å². The molecule has 0 aliphatic carbocycles. The largest absolute Gasteiger partial charge is 0.484 e. The number of likely N-dealkylation sites (tertiary alicyclic amines) is 1. The van der Waals surface area contributed by atoms with Crippen LogP contribution in [0.5, 0.6) is 5.75 Å². The van der Waals surface area contributed by atoms with E-state index in [1.54, 1.807) is 0 Å². The number of hydrogen-bond donors (Lipinski definition) is 2. The van der Waals surface area contributed by atoms with Gasteiger partial charge in [-0.05, 0) is 37.5 Å². The predicted octanol–water partition coefficient (Wildman–Crippen LogP) is 2.51. The first-order valence-electron chi connectivity index (χ1n) is 8.72. The molecule has 2 rings (SSSR count). The molecule has 1 aromatic carbocycles. The number of amides is 1. The fraction of sp³-hybridized carbons (Fsp3) is 0.556. The third-order valence-corrected chi connectivity index (χ3v) is 4.00. The van der Waals surface area contributed by atoms with E-state index in [-0.39, 0.29) is 36.5 Å². The number of rotatable bonds is 6. The van der Waals surface area contributed by atoms with Crippen molar-refractivity contribution in [3.05, 3.63) is 29.8 Å². The van der Waals surface area contributed by atoms with Crippen LogP contribution < -0.4 is 15.8 Å². The minimum absolute atomic E-state index is 0. The van der Waals surface area contributed by atoms with Crippen molar-refractivity contribution in [2.24, 2.45) is 10.7 Å². The number of benzene rings is 1. The maximum absolute atomic E-state index is 11.4. The molecule has 6 nitrogen and oxygen atoms in total. The third-order valence-electron chi connectivity index (χ3n) is 4.00. The summed E-state index contributed by atoms with van der Waals surface area (Å²) in [4.78, 5) is 18.1. The van der Waals surface area contributed by atoms with Gasteiger partial charge in [0.25, 0.3) is 5.91 Å². The zero-order valence-corrected chi connectivity index (χ0v) is 17.2. The Morgan fingerprint density at radius 1 is 1.28 bits per heavy atom. The van der Waals surface area contributed by atoms with Crippen LogP contribution >= 0.6 is 24.0 Å². The average Bonchev–Trinajstić information content (AvgIpc) is 2.88. The number of hydrogen-bond acceptors (Lipinski definition) is 3. The molecule has 1 aliphatic rings. The second-order valence-corrected chi connectivity index (χ2v) is 5.97. The van der Waals surface area contributed by atoms with Crippen LogP contribution in [0.15, 0.2) is 29.3 Å². The molecule has 0 atom stereocenters. The standard InChI is InChI=1S/C18H28N4O2.HI/c1-2-20-17(23)14-24-16-9-7-8-15(12-16)13-21-18(19)22-10-5-3-4-6-11-22;/h7-9,12H,2-6,10-11,13-14H2,1H3,(H2,19,21)(H,20,23);1H. The van der Waals surface area contributed by atoms with E-state index in [4.69, 9.17) is 10.5 Å². The van der Waals surface area contributed by atoms with Gasteiger partial charge < -0.3 is 20.7 Å². The summed E-state index contributed by atoms with van der Waals surface area (Å²) in [6, 6.07) is 7.63. The number of nitrogens with two attached hydrogens (primary N) is 1. The van der Waals surface area contributed by atoms with Crippen molar-refractivity contribution in [2.45, 2.75) is 39.2 Å². The maximum atomic E-state index is 11.4. The van der Waals surface area contributed by atoms with E-state index in [2.05, 4.69) is 15.2 Å². The lowest BCUT2D eigenvalue weighted by Crippen LogP contribution is -2.38. The maximum Gasteiger partial charge on any atom is 0.257 e. The van der Waals surface area contributed by atoms with Gasteiger partial charge in [0.1, 0.15) is 5.75 Å². The van der Waals surface area contributed by atoms with E-state index in [0.717, 1.165) is 18.7 Å². The number of halogens is 1. The zero-order chi connectivity index (χ0) is 17.2. The Bertz CT molecular complexity index is 558. The van der Waals surface area contributed by atoms with Crippen LogP contribution in [0.3, 0.4) is 0 Å². The summed E-state index contributed by atoms with van der Waals surface area (Å²) in [5.74, 6) is 1.17. The first-order valence-corrected chi connectivity index (χ1v) is 8.72. The molecule has 3 N–H and O–H groups in total. The summed E-state index contributed by atoms with van der Waals surface area (Å²) in [6.07, 6.45) is 4.91. The van der Waals surface area contributed by atoms with Gasteiger partial charge in [0.2, 0.25) is 0 Å². The number of likely N-dealkylation sites (N-methyl/N-ethyl adjacent to an activating group) is 1. The van der Waals surface area contributed by atoms with E-state index >= 15 is 0 Å². The van der Waals surface area contributed by atoms with E-state index in [1.807, 2.05) is 31.2 Å². The molecule has 0 saturated carbocycles. The normalized spacial score (nSPS) is 15.1. The van der Waals surface area contributed by atoms with Crippen LogP contribution in [0.2, 0.25) is 0 Å². The Morgan fingerprint density at radius 3 is 2.68 bits per heavy atom. The number of ether oxygens (including phenoxy) is 1. The molecular weight excluding hydrogens is 431 g/mol. The topological polar surface area (TPSA) is 79.9 Å². The van der Waals surface area contributed by atoms with E-state index in [0.29, 0.717) is 24.8 Å². The Labute approximate surface area is 167 Å². The smallest absolute Gasteiger partial charge is 0.257 e. The number of carbonyl (C=O) groups is 1.